The molecule has 0 aromatic heterocycles. The summed E-state index contributed by atoms with van der Waals surface area (Å²) in [5, 5.41) is 2.98. The molecule has 164 valence electrons. The van der Waals surface area contributed by atoms with E-state index in [1.54, 1.807) is 4.90 Å². The summed E-state index contributed by atoms with van der Waals surface area (Å²) < 4.78 is 12.0. The molecule has 1 spiro atoms. The lowest BCUT2D eigenvalue weighted by atomic mass is 9.91. The number of rotatable bonds is 1. The first-order valence-electron chi connectivity index (χ1n) is 11.1. The molecule has 1 fully saturated rings. The lowest BCUT2D eigenvalue weighted by Gasteiger charge is -2.42. The highest BCUT2D eigenvalue weighted by atomic mass is 16.5. The number of ether oxygens (including phenoxy) is 2. The molecule has 1 atom stereocenters. The smallest absolute Gasteiger partial charge is 0.254 e. The average molecular weight is 423 g/mol. The van der Waals surface area contributed by atoms with Crippen molar-refractivity contribution in [1.29, 1.82) is 0 Å². The van der Waals surface area contributed by atoms with Crippen LogP contribution in [0.2, 0.25) is 0 Å². The Balaban J connectivity index is 1.51. The van der Waals surface area contributed by atoms with E-state index in [1.807, 2.05) is 49.4 Å². The molecule has 0 radical (unpaired) electrons. The van der Waals surface area contributed by atoms with Gasteiger partial charge in [-0.15, -0.1) is 0 Å². The first-order chi connectivity index (χ1) is 15.1. The first kappa shape index (κ1) is 21.4. The Morgan fingerprint density at radius 3 is 2.74 bits per heavy atom. The van der Waals surface area contributed by atoms with Crippen molar-refractivity contribution in [2.75, 3.05) is 32.8 Å². The van der Waals surface area contributed by atoms with Crippen molar-refractivity contribution in [3.05, 3.63) is 65.2 Å². The number of amides is 2. The van der Waals surface area contributed by atoms with Gasteiger partial charge in [0.15, 0.2) is 5.60 Å². The fourth-order valence-corrected chi connectivity index (χ4v) is 4.41. The number of carbonyl (C=O) groups excluding carboxylic acids is 2. The van der Waals surface area contributed by atoms with Crippen molar-refractivity contribution in [2.24, 2.45) is 0 Å². The number of nitrogens with one attached hydrogen (secondary N) is 1. The van der Waals surface area contributed by atoms with Crippen LogP contribution in [0.4, 0.5) is 0 Å². The van der Waals surface area contributed by atoms with E-state index in [-0.39, 0.29) is 18.4 Å². The predicted octanol–water partition coefficient (Wildman–Crippen LogP) is 3.13. The molecule has 2 aliphatic rings. The molecular formula is C25H30N2O4. The Bertz CT molecular complexity index is 945. The Morgan fingerprint density at radius 2 is 1.87 bits per heavy atom. The van der Waals surface area contributed by atoms with Crippen LogP contribution >= 0.6 is 0 Å². The minimum Gasteiger partial charge on any atom is -0.491 e. The molecule has 0 aliphatic carbocycles. The quantitative estimate of drug-likeness (QED) is 0.767. The molecule has 2 heterocycles. The molecular weight excluding hydrogens is 392 g/mol. The lowest BCUT2D eigenvalue weighted by molar-refractivity contribution is -0.159. The van der Waals surface area contributed by atoms with Crippen LogP contribution in [0.15, 0.2) is 48.5 Å². The van der Waals surface area contributed by atoms with Crippen LogP contribution in [0.25, 0.3) is 0 Å². The van der Waals surface area contributed by atoms with E-state index in [0.717, 1.165) is 30.6 Å². The summed E-state index contributed by atoms with van der Waals surface area (Å²) in [6.07, 6.45) is 3.22. The van der Waals surface area contributed by atoms with Gasteiger partial charge in [-0.1, -0.05) is 36.4 Å². The SMILES string of the molecule is Cc1ccccc1C(=O)N1CCOC2(CCCCc3ccccc3OCCNC2=O)C1. The Labute approximate surface area is 183 Å². The standard InChI is InChI=1S/C25H30N2O4/c1-19-8-2-4-11-21(19)23(28)27-15-17-31-25(18-27)13-7-6-10-20-9-3-5-12-22(20)30-16-14-26-24(25)29/h2-5,8-9,11-12H,6-7,10,13-18H2,1H3,(H,26,29). The van der Waals surface area contributed by atoms with Crippen LogP contribution < -0.4 is 10.1 Å². The molecule has 1 saturated heterocycles. The van der Waals surface area contributed by atoms with Crippen molar-refractivity contribution in [1.82, 2.24) is 10.2 Å². The molecule has 0 saturated carbocycles. The van der Waals surface area contributed by atoms with Crippen LogP contribution in [0.5, 0.6) is 5.75 Å². The minimum absolute atomic E-state index is 0.0445. The third-order valence-electron chi connectivity index (χ3n) is 6.16. The van der Waals surface area contributed by atoms with Crippen LogP contribution in [0, 0.1) is 6.92 Å². The molecule has 6 heteroatoms. The number of fused-ring (bicyclic) bond motifs is 1. The van der Waals surface area contributed by atoms with Gasteiger partial charge in [0.2, 0.25) is 0 Å². The van der Waals surface area contributed by atoms with Crippen LogP contribution in [-0.4, -0.2) is 55.2 Å². The van der Waals surface area contributed by atoms with Gasteiger partial charge in [0.25, 0.3) is 11.8 Å². The number of para-hydroxylation sites is 1. The predicted molar refractivity (Wildman–Crippen MR) is 118 cm³/mol. The van der Waals surface area contributed by atoms with E-state index < -0.39 is 5.60 Å². The zero-order chi connectivity index (χ0) is 21.7. The zero-order valence-corrected chi connectivity index (χ0v) is 18.1. The van der Waals surface area contributed by atoms with Crippen molar-refractivity contribution < 1.29 is 19.1 Å². The van der Waals surface area contributed by atoms with Gasteiger partial charge in [0.05, 0.1) is 19.7 Å². The highest BCUT2D eigenvalue weighted by molar-refractivity contribution is 5.96. The van der Waals surface area contributed by atoms with Gasteiger partial charge in [0.1, 0.15) is 12.4 Å². The number of carbonyl (C=O) groups is 2. The molecule has 2 aromatic carbocycles. The van der Waals surface area contributed by atoms with E-state index in [4.69, 9.17) is 9.47 Å². The summed E-state index contributed by atoms with van der Waals surface area (Å²) in [6, 6.07) is 15.6. The molecule has 0 bridgehead atoms. The highest BCUT2D eigenvalue weighted by Crippen LogP contribution is 2.28. The number of nitrogens with zero attached hydrogens (tertiary/aromatic N) is 1. The summed E-state index contributed by atoms with van der Waals surface area (Å²) in [5.41, 5.74) is 1.78. The molecule has 6 nitrogen and oxygen atoms in total. The first-order valence-corrected chi connectivity index (χ1v) is 11.1. The summed E-state index contributed by atoms with van der Waals surface area (Å²) in [5.74, 6) is 0.681. The lowest BCUT2D eigenvalue weighted by Crippen LogP contribution is -2.61. The number of morpholine rings is 1. The third kappa shape index (κ3) is 4.74. The molecule has 1 unspecified atom stereocenters. The Morgan fingerprint density at radius 1 is 1.06 bits per heavy atom. The largest absolute Gasteiger partial charge is 0.491 e. The van der Waals surface area contributed by atoms with Gasteiger partial charge < -0.3 is 19.7 Å². The zero-order valence-electron chi connectivity index (χ0n) is 18.1. The van der Waals surface area contributed by atoms with Gasteiger partial charge in [-0.2, -0.15) is 0 Å². The summed E-state index contributed by atoms with van der Waals surface area (Å²) >= 11 is 0. The molecule has 2 amide bonds. The number of benzene rings is 2. The van der Waals surface area contributed by atoms with Gasteiger partial charge in [-0.25, -0.2) is 0 Å². The highest BCUT2D eigenvalue weighted by Gasteiger charge is 2.44. The third-order valence-corrected chi connectivity index (χ3v) is 6.16. The van der Waals surface area contributed by atoms with Crippen LogP contribution in [0.3, 0.4) is 0 Å². The summed E-state index contributed by atoms with van der Waals surface area (Å²) in [6.45, 7) is 3.82. The number of hydrogen-bond donors (Lipinski definition) is 1. The molecule has 31 heavy (non-hydrogen) atoms. The summed E-state index contributed by atoms with van der Waals surface area (Å²) in [4.78, 5) is 28.1. The van der Waals surface area contributed by atoms with E-state index in [2.05, 4.69) is 11.4 Å². The fraction of sp³-hybridized carbons (Fsp3) is 0.440. The van der Waals surface area contributed by atoms with E-state index >= 15 is 0 Å². The molecule has 2 aromatic rings. The Hall–Kier alpha value is -2.86. The van der Waals surface area contributed by atoms with Crippen LogP contribution in [0.1, 0.15) is 40.7 Å². The number of hydrogen-bond acceptors (Lipinski definition) is 4. The number of aryl methyl sites for hydroxylation is 2. The van der Waals surface area contributed by atoms with Gasteiger partial charge >= 0.3 is 0 Å². The van der Waals surface area contributed by atoms with E-state index in [0.29, 0.717) is 38.3 Å². The molecule has 4 rings (SSSR count). The van der Waals surface area contributed by atoms with Gasteiger partial charge in [0, 0.05) is 12.1 Å². The fourth-order valence-electron chi connectivity index (χ4n) is 4.41. The summed E-state index contributed by atoms with van der Waals surface area (Å²) in [7, 11) is 0. The van der Waals surface area contributed by atoms with Crippen molar-refractivity contribution in [3.8, 4) is 5.75 Å². The van der Waals surface area contributed by atoms with Crippen molar-refractivity contribution >= 4 is 11.8 Å². The van der Waals surface area contributed by atoms with Gasteiger partial charge in [-0.3, -0.25) is 9.59 Å². The monoisotopic (exact) mass is 422 g/mol. The van der Waals surface area contributed by atoms with E-state index in [1.165, 1.54) is 5.56 Å². The topological polar surface area (TPSA) is 67.9 Å². The van der Waals surface area contributed by atoms with Crippen molar-refractivity contribution in [2.45, 2.75) is 38.2 Å². The normalized spacial score (nSPS) is 22.5. The minimum atomic E-state index is -1.02. The second-order valence-electron chi connectivity index (χ2n) is 8.30. The van der Waals surface area contributed by atoms with Crippen molar-refractivity contribution in [3.63, 3.8) is 0 Å². The molecule has 2 aliphatic heterocycles. The second-order valence-corrected chi connectivity index (χ2v) is 8.30. The van der Waals surface area contributed by atoms with E-state index in [9.17, 15) is 9.59 Å². The van der Waals surface area contributed by atoms with Crippen LogP contribution in [-0.2, 0) is 16.0 Å². The Kier molecular flexibility index (Phi) is 6.56. The van der Waals surface area contributed by atoms with Gasteiger partial charge in [-0.05, 0) is 55.9 Å². The maximum atomic E-state index is 13.2. The molecule has 1 N–H and O–H groups in total. The average Bonchev–Trinajstić information content (AvgIpc) is 2.79. The maximum Gasteiger partial charge on any atom is 0.254 e. The second kappa shape index (κ2) is 9.52. The maximum absolute atomic E-state index is 13.2.